The van der Waals surface area contributed by atoms with Gasteiger partial charge in [-0.25, -0.2) is 4.39 Å². The van der Waals surface area contributed by atoms with Crippen molar-refractivity contribution in [3.8, 4) is 0 Å². The number of allylic oxidation sites excluding steroid dienone is 2. The lowest BCUT2D eigenvalue weighted by atomic mass is 9.94. The Kier molecular flexibility index (Phi) is 14.3. The van der Waals surface area contributed by atoms with Crippen molar-refractivity contribution in [2.75, 3.05) is 13.2 Å². The van der Waals surface area contributed by atoms with E-state index in [1.165, 1.54) is 12.1 Å². The number of aliphatic hydroxyl groups is 1. The van der Waals surface area contributed by atoms with E-state index < -0.39 is 29.9 Å². The van der Waals surface area contributed by atoms with Gasteiger partial charge in [0.2, 0.25) is 11.8 Å². The molecular weight excluding hydrogens is 621 g/mol. The molecule has 0 unspecified atom stereocenters. The number of benzene rings is 3. The Labute approximate surface area is 287 Å². The van der Waals surface area contributed by atoms with Crippen LogP contribution in [0.5, 0.6) is 0 Å². The van der Waals surface area contributed by atoms with Gasteiger partial charge in [-0.05, 0) is 73.4 Å². The highest BCUT2D eigenvalue weighted by Crippen LogP contribution is 2.21. The zero-order valence-corrected chi connectivity index (χ0v) is 27.8. The Hall–Kier alpha value is -5.02. The van der Waals surface area contributed by atoms with Crippen LogP contribution in [0.2, 0.25) is 0 Å². The van der Waals surface area contributed by atoms with Crippen LogP contribution in [0, 0.1) is 17.7 Å². The van der Waals surface area contributed by atoms with Crippen molar-refractivity contribution in [1.29, 1.82) is 0 Å². The second-order valence-electron chi connectivity index (χ2n) is 12.4. The first-order chi connectivity index (χ1) is 23.8. The fraction of sp³-hybridized carbons (Fsp3) is 0.325. The third kappa shape index (κ3) is 11.6. The van der Waals surface area contributed by atoms with Crippen LogP contribution >= 0.6 is 0 Å². The van der Waals surface area contributed by atoms with E-state index in [0.29, 0.717) is 32.1 Å². The molecule has 9 heteroatoms. The first-order valence-electron chi connectivity index (χ1n) is 16.7. The molecule has 0 bridgehead atoms. The third-order valence-electron chi connectivity index (χ3n) is 8.53. The Bertz CT molecular complexity index is 1670. The number of H-pyrrole nitrogens is 1. The number of esters is 1. The highest BCUT2D eigenvalue weighted by atomic mass is 19.1. The average Bonchev–Trinajstić information content (AvgIpc) is 3.52. The number of rotatable bonds is 20. The molecule has 0 fully saturated rings. The number of aliphatic hydroxyl groups excluding tert-OH is 1. The molecule has 1 heterocycles. The lowest BCUT2D eigenvalue weighted by molar-refractivity contribution is -0.150. The third-order valence-corrected chi connectivity index (χ3v) is 8.53. The highest BCUT2D eigenvalue weighted by molar-refractivity contribution is 5.87. The minimum absolute atomic E-state index is 0.0885. The van der Waals surface area contributed by atoms with Gasteiger partial charge >= 0.3 is 5.97 Å². The maximum Gasteiger partial charge on any atom is 0.309 e. The second-order valence-corrected chi connectivity index (χ2v) is 12.4. The van der Waals surface area contributed by atoms with E-state index in [0.717, 1.165) is 27.6 Å². The van der Waals surface area contributed by atoms with Gasteiger partial charge in [0.05, 0.1) is 30.5 Å². The second kappa shape index (κ2) is 19.1. The van der Waals surface area contributed by atoms with Crippen molar-refractivity contribution < 1.29 is 28.6 Å². The van der Waals surface area contributed by atoms with Crippen molar-refractivity contribution in [1.82, 2.24) is 15.6 Å². The van der Waals surface area contributed by atoms with Crippen molar-refractivity contribution in [2.24, 2.45) is 11.8 Å². The molecule has 0 saturated carbocycles. The molecule has 0 aliphatic rings. The molecule has 2 amide bonds. The fourth-order valence-corrected chi connectivity index (χ4v) is 5.92. The predicted molar refractivity (Wildman–Crippen MR) is 190 cm³/mol. The van der Waals surface area contributed by atoms with Crippen LogP contribution in [0.1, 0.15) is 42.4 Å². The van der Waals surface area contributed by atoms with Crippen molar-refractivity contribution >= 4 is 28.7 Å². The van der Waals surface area contributed by atoms with Gasteiger partial charge in [0.15, 0.2) is 0 Å². The number of hydrogen-bond acceptors (Lipinski definition) is 5. The van der Waals surface area contributed by atoms with Crippen LogP contribution in [0.4, 0.5) is 4.39 Å². The summed E-state index contributed by atoms with van der Waals surface area (Å²) in [6.07, 6.45) is 7.67. The van der Waals surface area contributed by atoms with Crippen LogP contribution in [-0.4, -0.2) is 53.2 Å². The maximum absolute atomic E-state index is 13.7. The molecule has 4 atom stereocenters. The average molecular weight is 668 g/mol. The summed E-state index contributed by atoms with van der Waals surface area (Å²) in [4.78, 5) is 43.5. The first kappa shape index (κ1) is 36.8. The van der Waals surface area contributed by atoms with Crippen LogP contribution in [-0.2, 0) is 38.4 Å². The van der Waals surface area contributed by atoms with Crippen LogP contribution in [0.15, 0.2) is 110 Å². The molecule has 4 rings (SSSR count). The predicted octanol–water partition coefficient (Wildman–Crippen LogP) is 6.00. The first-order valence-corrected chi connectivity index (χ1v) is 16.7. The number of nitrogens with one attached hydrogen (secondary N) is 3. The number of carbonyl (C=O) groups excluding carboxylic acids is 3. The van der Waals surface area contributed by atoms with E-state index >= 15 is 0 Å². The van der Waals surface area contributed by atoms with Gasteiger partial charge in [-0.3, -0.25) is 14.4 Å². The summed E-state index contributed by atoms with van der Waals surface area (Å²) in [6, 6.07) is 22.3. The molecule has 4 aromatic rings. The smallest absolute Gasteiger partial charge is 0.309 e. The maximum atomic E-state index is 13.7. The SMILES string of the molecule is C=CCC[C@@H](Cc1ccc(F)cc1)C(=O)OC[C@H](Cc1c[nH]c2ccccc12)NC(=O)[C@@H](CC=C)CC(=O)N[C@H](CO)Cc1ccccc1. The van der Waals surface area contributed by atoms with Gasteiger partial charge in [-0.15, -0.1) is 13.2 Å². The molecule has 49 heavy (non-hydrogen) atoms. The number of aromatic nitrogens is 1. The number of amides is 2. The van der Waals surface area contributed by atoms with Crippen molar-refractivity contribution in [3.63, 3.8) is 0 Å². The lowest BCUT2D eigenvalue weighted by Crippen LogP contribution is -2.45. The van der Waals surface area contributed by atoms with Crippen LogP contribution in [0.3, 0.4) is 0 Å². The quantitative estimate of drug-likeness (QED) is 0.0681. The highest BCUT2D eigenvalue weighted by Gasteiger charge is 2.27. The Morgan fingerprint density at radius 1 is 0.837 bits per heavy atom. The zero-order chi connectivity index (χ0) is 35.0. The number of carbonyl (C=O) groups is 3. The summed E-state index contributed by atoms with van der Waals surface area (Å²) in [6.45, 7) is 7.23. The molecule has 0 radical (unpaired) electrons. The monoisotopic (exact) mass is 667 g/mol. The van der Waals surface area contributed by atoms with Gasteiger partial charge in [0.25, 0.3) is 0 Å². The number of para-hydroxylation sites is 1. The summed E-state index contributed by atoms with van der Waals surface area (Å²) in [5.41, 5.74) is 3.67. The zero-order valence-electron chi connectivity index (χ0n) is 27.8. The molecule has 258 valence electrons. The van der Waals surface area contributed by atoms with E-state index in [4.69, 9.17) is 4.74 Å². The van der Waals surface area contributed by atoms with Gasteiger partial charge in [0.1, 0.15) is 12.4 Å². The summed E-state index contributed by atoms with van der Waals surface area (Å²) < 4.78 is 19.4. The molecule has 0 spiro atoms. The Balaban J connectivity index is 1.46. The minimum Gasteiger partial charge on any atom is -0.463 e. The molecule has 3 aromatic carbocycles. The number of aromatic amines is 1. The minimum atomic E-state index is -0.728. The molecule has 4 N–H and O–H groups in total. The molecule has 0 saturated heterocycles. The number of halogens is 1. The molecule has 0 aliphatic heterocycles. The standard InChI is InChI=1S/C40H46FN3O5/c1-3-5-14-31(21-29-17-19-33(41)20-18-29)40(48)49-27-35(23-32-25-42-37-16-10-9-15-36(32)37)44-39(47)30(11-4-2)24-38(46)43-34(26-45)22-28-12-7-6-8-13-28/h3-4,6-10,12-13,15-20,25,30-31,34-35,42,45H,1-2,5,11,14,21-24,26-27H2,(H,43,46)(H,44,47)/t30-,31-,34-,35-/m0/s1. The molecule has 0 aliphatic carbocycles. The van der Waals surface area contributed by atoms with E-state index in [1.807, 2.05) is 60.8 Å². The number of ether oxygens (including phenoxy) is 1. The summed E-state index contributed by atoms with van der Waals surface area (Å²) in [5.74, 6) is -2.71. The van der Waals surface area contributed by atoms with Gasteiger partial charge in [-0.2, -0.15) is 0 Å². The lowest BCUT2D eigenvalue weighted by Gasteiger charge is -2.24. The van der Waals surface area contributed by atoms with Gasteiger partial charge < -0.3 is 25.5 Å². The van der Waals surface area contributed by atoms with Crippen molar-refractivity contribution in [3.05, 3.63) is 133 Å². The summed E-state index contributed by atoms with van der Waals surface area (Å²) in [5, 5.41) is 16.8. The van der Waals surface area contributed by atoms with Gasteiger partial charge in [-0.1, -0.05) is 72.8 Å². The Morgan fingerprint density at radius 3 is 2.27 bits per heavy atom. The van der Waals surface area contributed by atoms with Crippen LogP contribution < -0.4 is 10.6 Å². The van der Waals surface area contributed by atoms with E-state index in [9.17, 15) is 23.9 Å². The van der Waals surface area contributed by atoms with Crippen molar-refractivity contribution in [2.45, 2.75) is 57.0 Å². The number of fused-ring (bicyclic) bond motifs is 1. The Morgan fingerprint density at radius 2 is 1.55 bits per heavy atom. The van der Waals surface area contributed by atoms with E-state index in [1.54, 1.807) is 24.3 Å². The normalized spacial score (nSPS) is 13.5. The largest absolute Gasteiger partial charge is 0.463 e. The summed E-state index contributed by atoms with van der Waals surface area (Å²) in [7, 11) is 0. The summed E-state index contributed by atoms with van der Waals surface area (Å²) >= 11 is 0. The van der Waals surface area contributed by atoms with E-state index in [-0.39, 0.29) is 43.7 Å². The topological polar surface area (TPSA) is 121 Å². The van der Waals surface area contributed by atoms with Gasteiger partial charge in [0, 0.05) is 23.5 Å². The molecule has 1 aromatic heterocycles. The molecule has 8 nitrogen and oxygen atoms in total. The molecular formula is C40H46FN3O5. The number of hydrogen-bond donors (Lipinski definition) is 4. The van der Waals surface area contributed by atoms with E-state index in [2.05, 4.69) is 28.8 Å². The van der Waals surface area contributed by atoms with Crippen LogP contribution in [0.25, 0.3) is 10.9 Å². The fourth-order valence-electron chi connectivity index (χ4n) is 5.92.